The standard InChI is InChI=1S/C21H17N5O4/c1-13-23-24-20-8-6-17(25-26(13)20)14-3-2-4-15(9-14)22-21(27)11-28-16-5-7-18-19(10-16)30-12-29-18/h2-10H,11-12H2,1H3,(H,22,27). The van der Waals surface area contributed by atoms with Gasteiger partial charge in [-0.3, -0.25) is 4.79 Å². The van der Waals surface area contributed by atoms with Crippen LogP contribution in [0.5, 0.6) is 17.2 Å². The minimum Gasteiger partial charge on any atom is -0.484 e. The van der Waals surface area contributed by atoms with Crippen LogP contribution >= 0.6 is 0 Å². The number of nitrogens with zero attached hydrogens (tertiary/aromatic N) is 4. The first-order valence-electron chi connectivity index (χ1n) is 9.27. The van der Waals surface area contributed by atoms with Gasteiger partial charge in [-0.1, -0.05) is 12.1 Å². The third-order valence-corrected chi connectivity index (χ3v) is 4.57. The van der Waals surface area contributed by atoms with Gasteiger partial charge in [0.25, 0.3) is 5.91 Å². The minimum atomic E-state index is -0.275. The van der Waals surface area contributed by atoms with Gasteiger partial charge in [0.2, 0.25) is 6.79 Å². The van der Waals surface area contributed by atoms with E-state index in [0.717, 1.165) is 11.3 Å². The van der Waals surface area contributed by atoms with Gasteiger partial charge in [-0.05, 0) is 43.3 Å². The lowest BCUT2D eigenvalue weighted by Gasteiger charge is -2.09. The zero-order valence-electron chi connectivity index (χ0n) is 16.0. The number of carbonyl (C=O) groups is 1. The highest BCUT2D eigenvalue weighted by Crippen LogP contribution is 2.35. The second-order valence-corrected chi connectivity index (χ2v) is 6.67. The largest absolute Gasteiger partial charge is 0.484 e. The van der Waals surface area contributed by atoms with Crippen molar-refractivity contribution in [1.29, 1.82) is 0 Å². The van der Waals surface area contributed by atoms with Crippen molar-refractivity contribution in [3.8, 4) is 28.5 Å². The predicted octanol–water partition coefficient (Wildman–Crippen LogP) is 2.85. The van der Waals surface area contributed by atoms with Crippen molar-refractivity contribution in [2.45, 2.75) is 6.92 Å². The molecule has 0 atom stereocenters. The van der Waals surface area contributed by atoms with Gasteiger partial charge >= 0.3 is 0 Å². The van der Waals surface area contributed by atoms with E-state index in [-0.39, 0.29) is 19.3 Å². The van der Waals surface area contributed by atoms with Crippen LogP contribution in [-0.4, -0.2) is 39.1 Å². The van der Waals surface area contributed by atoms with Crippen LogP contribution in [-0.2, 0) is 4.79 Å². The van der Waals surface area contributed by atoms with E-state index < -0.39 is 0 Å². The first kappa shape index (κ1) is 17.9. The first-order chi connectivity index (χ1) is 14.7. The van der Waals surface area contributed by atoms with Crippen molar-refractivity contribution in [2.24, 2.45) is 0 Å². The maximum atomic E-state index is 12.3. The average molecular weight is 403 g/mol. The normalized spacial score (nSPS) is 12.2. The number of aryl methyl sites for hydroxylation is 1. The van der Waals surface area contributed by atoms with Crippen LogP contribution < -0.4 is 19.5 Å². The number of hydrogen-bond donors (Lipinski definition) is 1. The van der Waals surface area contributed by atoms with E-state index in [0.29, 0.717) is 34.4 Å². The van der Waals surface area contributed by atoms with E-state index in [9.17, 15) is 4.79 Å². The summed E-state index contributed by atoms with van der Waals surface area (Å²) in [5.74, 6) is 2.23. The Labute approximate surface area is 171 Å². The Morgan fingerprint density at radius 2 is 2.00 bits per heavy atom. The Bertz CT molecular complexity index is 1250. The summed E-state index contributed by atoms with van der Waals surface area (Å²) in [7, 11) is 0. The van der Waals surface area contributed by atoms with Crippen LogP contribution in [0.25, 0.3) is 16.9 Å². The quantitative estimate of drug-likeness (QED) is 0.547. The molecule has 0 radical (unpaired) electrons. The van der Waals surface area contributed by atoms with Gasteiger partial charge in [0.05, 0.1) is 5.69 Å². The lowest BCUT2D eigenvalue weighted by atomic mass is 10.1. The summed E-state index contributed by atoms with van der Waals surface area (Å²) in [5, 5.41) is 15.5. The van der Waals surface area contributed by atoms with E-state index in [1.807, 2.05) is 43.3 Å². The minimum absolute atomic E-state index is 0.131. The van der Waals surface area contributed by atoms with Gasteiger partial charge in [0.15, 0.2) is 29.6 Å². The third kappa shape index (κ3) is 3.48. The molecule has 0 saturated heterocycles. The third-order valence-electron chi connectivity index (χ3n) is 4.57. The number of rotatable bonds is 5. The van der Waals surface area contributed by atoms with Crippen LogP contribution in [0.2, 0.25) is 0 Å². The molecular formula is C21H17N5O4. The molecule has 2 aromatic carbocycles. The van der Waals surface area contributed by atoms with Gasteiger partial charge in [0, 0.05) is 17.3 Å². The molecule has 5 rings (SSSR count). The van der Waals surface area contributed by atoms with Gasteiger partial charge in [-0.15, -0.1) is 10.2 Å². The second kappa shape index (κ2) is 7.36. The number of carbonyl (C=O) groups excluding carboxylic acids is 1. The Morgan fingerprint density at radius 3 is 2.93 bits per heavy atom. The van der Waals surface area contributed by atoms with E-state index in [1.165, 1.54) is 0 Å². The van der Waals surface area contributed by atoms with Gasteiger partial charge in [-0.25, -0.2) is 0 Å². The summed E-state index contributed by atoms with van der Waals surface area (Å²) in [6.45, 7) is 1.90. The molecule has 0 spiro atoms. The lowest BCUT2D eigenvalue weighted by molar-refractivity contribution is -0.118. The van der Waals surface area contributed by atoms with Crippen molar-refractivity contribution in [3.63, 3.8) is 0 Å². The molecule has 3 heterocycles. The SMILES string of the molecule is Cc1nnc2ccc(-c3cccc(NC(=O)COc4ccc5c(c4)OCO5)c3)nn12. The summed E-state index contributed by atoms with van der Waals surface area (Å²) in [5.41, 5.74) is 2.94. The maximum absolute atomic E-state index is 12.3. The van der Waals surface area contributed by atoms with Crippen molar-refractivity contribution < 1.29 is 19.0 Å². The molecule has 1 aliphatic heterocycles. The lowest BCUT2D eigenvalue weighted by Crippen LogP contribution is -2.20. The molecule has 0 aliphatic carbocycles. The summed E-state index contributed by atoms with van der Waals surface area (Å²) in [6, 6.07) is 16.3. The van der Waals surface area contributed by atoms with Crippen LogP contribution in [0.15, 0.2) is 54.6 Å². The Balaban J connectivity index is 1.27. The predicted molar refractivity (Wildman–Crippen MR) is 108 cm³/mol. The van der Waals surface area contributed by atoms with E-state index in [1.54, 1.807) is 22.7 Å². The van der Waals surface area contributed by atoms with Crippen LogP contribution in [0.1, 0.15) is 5.82 Å². The fourth-order valence-corrected chi connectivity index (χ4v) is 3.12. The highest BCUT2D eigenvalue weighted by Gasteiger charge is 2.14. The monoisotopic (exact) mass is 403 g/mol. The molecule has 0 bridgehead atoms. The molecule has 9 heteroatoms. The number of fused-ring (bicyclic) bond motifs is 2. The molecule has 4 aromatic rings. The van der Waals surface area contributed by atoms with Crippen LogP contribution in [0, 0.1) is 6.92 Å². The van der Waals surface area contributed by atoms with Crippen molar-refractivity contribution in [2.75, 3.05) is 18.7 Å². The molecule has 9 nitrogen and oxygen atoms in total. The fourth-order valence-electron chi connectivity index (χ4n) is 3.12. The van der Waals surface area contributed by atoms with Crippen molar-refractivity contribution >= 4 is 17.2 Å². The zero-order valence-corrected chi connectivity index (χ0v) is 16.0. The Hall–Kier alpha value is -4.14. The summed E-state index contributed by atoms with van der Waals surface area (Å²) in [6.07, 6.45) is 0. The van der Waals surface area contributed by atoms with Gasteiger partial charge in [-0.2, -0.15) is 9.61 Å². The van der Waals surface area contributed by atoms with Crippen LogP contribution in [0.4, 0.5) is 5.69 Å². The molecule has 2 aromatic heterocycles. The Kier molecular flexibility index (Phi) is 4.40. The molecule has 150 valence electrons. The molecule has 1 aliphatic rings. The topological polar surface area (TPSA) is 99.9 Å². The van der Waals surface area contributed by atoms with E-state index in [2.05, 4.69) is 20.6 Å². The maximum Gasteiger partial charge on any atom is 0.262 e. The molecule has 30 heavy (non-hydrogen) atoms. The summed E-state index contributed by atoms with van der Waals surface area (Å²) >= 11 is 0. The first-order valence-corrected chi connectivity index (χ1v) is 9.27. The average Bonchev–Trinajstić information content (AvgIpc) is 3.38. The number of aromatic nitrogens is 4. The fraction of sp³-hybridized carbons (Fsp3) is 0.143. The summed E-state index contributed by atoms with van der Waals surface area (Å²) in [4.78, 5) is 12.3. The van der Waals surface area contributed by atoms with E-state index in [4.69, 9.17) is 14.2 Å². The zero-order chi connectivity index (χ0) is 20.5. The summed E-state index contributed by atoms with van der Waals surface area (Å²) < 4.78 is 17.8. The van der Waals surface area contributed by atoms with Crippen molar-refractivity contribution in [1.82, 2.24) is 19.8 Å². The molecule has 0 fully saturated rings. The highest BCUT2D eigenvalue weighted by atomic mass is 16.7. The molecule has 0 unspecified atom stereocenters. The number of benzene rings is 2. The van der Waals surface area contributed by atoms with E-state index >= 15 is 0 Å². The molecule has 1 amide bonds. The molecule has 1 N–H and O–H groups in total. The molecule has 0 saturated carbocycles. The number of hydrogen-bond acceptors (Lipinski definition) is 7. The van der Waals surface area contributed by atoms with Gasteiger partial charge < -0.3 is 19.5 Å². The molecular weight excluding hydrogens is 386 g/mol. The Morgan fingerprint density at radius 1 is 1.10 bits per heavy atom. The number of ether oxygens (including phenoxy) is 3. The number of amides is 1. The van der Waals surface area contributed by atoms with Gasteiger partial charge in [0.1, 0.15) is 5.75 Å². The van der Waals surface area contributed by atoms with Crippen molar-refractivity contribution in [3.05, 3.63) is 60.4 Å². The smallest absolute Gasteiger partial charge is 0.262 e. The highest BCUT2D eigenvalue weighted by molar-refractivity contribution is 5.92. The number of nitrogens with one attached hydrogen (secondary N) is 1. The second-order valence-electron chi connectivity index (χ2n) is 6.67. The number of anilines is 1. The van der Waals surface area contributed by atoms with Crippen LogP contribution in [0.3, 0.4) is 0 Å².